The highest BCUT2D eigenvalue weighted by Crippen LogP contribution is 2.29. The van der Waals surface area contributed by atoms with E-state index in [1.54, 1.807) is 25.3 Å². The molecule has 1 atom stereocenters. The number of nitrogens with zero attached hydrogens (tertiary/aromatic N) is 2. The second kappa shape index (κ2) is 5.46. The largest absolute Gasteiger partial charge is 0.496 e. The molecule has 0 saturated carbocycles. The Kier molecular flexibility index (Phi) is 3.74. The SMILES string of the molecule is COc1cc(C(O)c2ccccc2OC)ncn1. The fourth-order valence-electron chi connectivity index (χ4n) is 1.67. The van der Waals surface area contributed by atoms with Gasteiger partial charge in [-0.05, 0) is 6.07 Å². The van der Waals surface area contributed by atoms with E-state index in [2.05, 4.69) is 9.97 Å². The molecule has 1 unspecified atom stereocenters. The second-order valence-corrected chi connectivity index (χ2v) is 3.63. The smallest absolute Gasteiger partial charge is 0.216 e. The number of hydrogen-bond acceptors (Lipinski definition) is 5. The van der Waals surface area contributed by atoms with Gasteiger partial charge in [-0.15, -0.1) is 0 Å². The van der Waals surface area contributed by atoms with E-state index in [4.69, 9.17) is 9.47 Å². The maximum absolute atomic E-state index is 10.3. The van der Waals surface area contributed by atoms with Crippen molar-refractivity contribution in [3.05, 3.63) is 47.9 Å². The van der Waals surface area contributed by atoms with Gasteiger partial charge < -0.3 is 14.6 Å². The molecule has 0 aliphatic rings. The molecule has 0 spiro atoms. The van der Waals surface area contributed by atoms with E-state index in [1.807, 2.05) is 12.1 Å². The summed E-state index contributed by atoms with van der Waals surface area (Å²) in [7, 11) is 3.08. The van der Waals surface area contributed by atoms with Crippen LogP contribution in [0.2, 0.25) is 0 Å². The number of aromatic nitrogens is 2. The van der Waals surface area contributed by atoms with Crippen molar-refractivity contribution >= 4 is 0 Å². The molecule has 0 radical (unpaired) electrons. The van der Waals surface area contributed by atoms with Gasteiger partial charge in [0.1, 0.15) is 18.2 Å². The van der Waals surface area contributed by atoms with Crippen molar-refractivity contribution in [3.8, 4) is 11.6 Å². The van der Waals surface area contributed by atoms with Crippen LogP contribution < -0.4 is 9.47 Å². The molecule has 0 saturated heterocycles. The Morgan fingerprint density at radius 1 is 1.11 bits per heavy atom. The minimum atomic E-state index is -0.877. The van der Waals surface area contributed by atoms with Crippen LogP contribution in [0.25, 0.3) is 0 Å². The van der Waals surface area contributed by atoms with Crippen molar-refractivity contribution in [2.24, 2.45) is 0 Å². The molecule has 1 aromatic heterocycles. The van der Waals surface area contributed by atoms with Gasteiger partial charge >= 0.3 is 0 Å². The number of hydrogen-bond donors (Lipinski definition) is 1. The average Bonchev–Trinajstić information content (AvgIpc) is 2.46. The monoisotopic (exact) mass is 246 g/mol. The van der Waals surface area contributed by atoms with Crippen LogP contribution in [0.3, 0.4) is 0 Å². The molecule has 2 rings (SSSR count). The number of aliphatic hydroxyl groups is 1. The van der Waals surface area contributed by atoms with Crippen molar-refractivity contribution in [1.82, 2.24) is 9.97 Å². The fourth-order valence-corrected chi connectivity index (χ4v) is 1.67. The summed E-state index contributed by atoms with van der Waals surface area (Å²) in [5.74, 6) is 1.02. The lowest BCUT2D eigenvalue weighted by atomic mass is 10.1. The Morgan fingerprint density at radius 3 is 2.61 bits per heavy atom. The van der Waals surface area contributed by atoms with E-state index >= 15 is 0 Å². The lowest BCUT2D eigenvalue weighted by Gasteiger charge is -2.14. The van der Waals surface area contributed by atoms with Crippen LogP contribution in [0.5, 0.6) is 11.6 Å². The zero-order valence-electron chi connectivity index (χ0n) is 10.2. The van der Waals surface area contributed by atoms with Crippen molar-refractivity contribution in [1.29, 1.82) is 0 Å². The van der Waals surface area contributed by atoms with Gasteiger partial charge in [0.05, 0.1) is 19.9 Å². The van der Waals surface area contributed by atoms with Crippen LogP contribution in [0, 0.1) is 0 Å². The van der Waals surface area contributed by atoms with Crippen molar-refractivity contribution in [2.75, 3.05) is 14.2 Å². The summed E-state index contributed by atoms with van der Waals surface area (Å²) in [6.45, 7) is 0. The summed E-state index contributed by atoms with van der Waals surface area (Å²) < 4.78 is 10.2. The Labute approximate surface area is 105 Å². The van der Waals surface area contributed by atoms with Gasteiger partial charge in [0.15, 0.2) is 0 Å². The van der Waals surface area contributed by atoms with Gasteiger partial charge in [-0.1, -0.05) is 18.2 Å². The third-order valence-electron chi connectivity index (χ3n) is 2.59. The van der Waals surface area contributed by atoms with Crippen LogP contribution in [-0.4, -0.2) is 29.3 Å². The number of para-hydroxylation sites is 1. The molecule has 0 amide bonds. The van der Waals surface area contributed by atoms with Crippen LogP contribution in [0.4, 0.5) is 0 Å². The minimum Gasteiger partial charge on any atom is -0.496 e. The number of ether oxygens (including phenoxy) is 2. The van der Waals surface area contributed by atoms with Gasteiger partial charge in [0.25, 0.3) is 0 Å². The molecule has 1 aromatic carbocycles. The van der Waals surface area contributed by atoms with Crippen molar-refractivity contribution < 1.29 is 14.6 Å². The highest BCUT2D eigenvalue weighted by molar-refractivity contribution is 5.39. The van der Waals surface area contributed by atoms with Crippen molar-refractivity contribution in [2.45, 2.75) is 6.10 Å². The molecule has 1 heterocycles. The average molecular weight is 246 g/mol. The van der Waals surface area contributed by atoms with Crippen LogP contribution >= 0.6 is 0 Å². The van der Waals surface area contributed by atoms with E-state index < -0.39 is 6.10 Å². The van der Waals surface area contributed by atoms with Gasteiger partial charge in [-0.25, -0.2) is 9.97 Å². The molecule has 2 aromatic rings. The molecule has 0 aliphatic heterocycles. The number of benzene rings is 1. The highest BCUT2D eigenvalue weighted by atomic mass is 16.5. The Hall–Kier alpha value is -2.14. The highest BCUT2D eigenvalue weighted by Gasteiger charge is 2.16. The Morgan fingerprint density at radius 2 is 1.89 bits per heavy atom. The summed E-state index contributed by atoms with van der Waals surface area (Å²) in [6.07, 6.45) is 0.477. The summed E-state index contributed by atoms with van der Waals surface area (Å²) in [5, 5.41) is 10.3. The minimum absolute atomic E-state index is 0.411. The number of methoxy groups -OCH3 is 2. The molecule has 1 N–H and O–H groups in total. The number of rotatable bonds is 4. The summed E-state index contributed by atoms with van der Waals surface area (Å²) in [5.41, 5.74) is 1.12. The third-order valence-corrected chi connectivity index (χ3v) is 2.59. The van der Waals surface area contributed by atoms with E-state index in [9.17, 15) is 5.11 Å². The molecular formula is C13H14N2O3. The predicted octanol–water partition coefficient (Wildman–Crippen LogP) is 1.58. The molecule has 0 aliphatic carbocycles. The molecular weight excluding hydrogens is 232 g/mol. The fraction of sp³-hybridized carbons (Fsp3) is 0.231. The van der Waals surface area contributed by atoms with E-state index in [0.29, 0.717) is 22.9 Å². The first-order valence-electron chi connectivity index (χ1n) is 5.43. The summed E-state index contributed by atoms with van der Waals surface area (Å²) in [4.78, 5) is 7.94. The van der Waals surface area contributed by atoms with Crippen LogP contribution in [0.15, 0.2) is 36.7 Å². The third kappa shape index (κ3) is 2.41. The van der Waals surface area contributed by atoms with Gasteiger partial charge in [0, 0.05) is 11.6 Å². The topological polar surface area (TPSA) is 64.5 Å². The zero-order chi connectivity index (χ0) is 13.0. The maximum atomic E-state index is 10.3. The zero-order valence-corrected chi connectivity index (χ0v) is 10.2. The first-order valence-corrected chi connectivity index (χ1v) is 5.43. The van der Waals surface area contributed by atoms with Gasteiger partial charge in [0.2, 0.25) is 5.88 Å². The Balaban J connectivity index is 2.37. The summed E-state index contributed by atoms with van der Waals surface area (Å²) in [6, 6.07) is 8.85. The lowest BCUT2D eigenvalue weighted by Crippen LogP contribution is -2.05. The second-order valence-electron chi connectivity index (χ2n) is 3.63. The molecule has 0 fully saturated rings. The molecule has 5 nitrogen and oxygen atoms in total. The first kappa shape index (κ1) is 12.3. The summed E-state index contributed by atoms with van der Waals surface area (Å²) >= 11 is 0. The van der Waals surface area contributed by atoms with E-state index in [0.717, 1.165) is 0 Å². The van der Waals surface area contributed by atoms with Crippen LogP contribution in [-0.2, 0) is 0 Å². The standard InChI is InChI=1S/C13H14N2O3/c1-17-11-6-4-3-5-9(11)13(16)10-7-12(18-2)15-8-14-10/h3-8,13,16H,1-2H3. The van der Waals surface area contributed by atoms with Gasteiger partial charge in [-0.2, -0.15) is 0 Å². The first-order chi connectivity index (χ1) is 8.76. The molecule has 18 heavy (non-hydrogen) atoms. The maximum Gasteiger partial charge on any atom is 0.216 e. The molecule has 5 heteroatoms. The van der Waals surface area contributed by atoms with E-state index in [1.165, 1.54) is 13.4 Å². The predicted molar refractivity (Wildman–Crippen MR) is 65.6 cm³/mol. The molecule has 0 bridgehead atoms. The molecule has 94 valence electrons. The normalized spacial score (nSPS) is 11.9. The lowest BCUT2D eigenvalue weighted by molar-refractivity contribution is 0.209. The Bertz CT molecular complexity index is 531. The van der Waals surface area contributed by atoms with Gasteiger partial charge in [-0.3, -0.25) is 0 Å². The van der Waals surface area contributed by atoms with Crippen LogP contribution in [0.1, 0.15) is 17.4 Å². The number of aliphatic hydroxyl groups excluding tert-OH is 1. The van der Waals surface area contributed by atoms with E-state index in [-0.39, 0.29) is 0 Å². The quantitative estimate of drug-likeness (QED) is 0.887. The van der Waals surface area contributed by atoms with Crippen molar-refractivity contribution in [3.63, 3.8) is 0 Å².